The van der Waals surface area contributed by atoms with Crippen molar-refractivity contribution in [3.63, 3.8) is 0 Å². The predicted octanol–water partition coefficient (Wildman–Crippen LogP) is 11.5. The predicted molar refractivity (Wildman–Crippen MR) is 176 cm³/mol. The molecule has 7 rings (SSSR count). The Balaban J connectivity index is 0.00000142. The lowest BCUT2D eigenvalue weighted by Gasteiger charge is -2.13. The van der Waals surface area contributed by atoms with Crippen LogP contribution in [-0.4, -0.2) is 6.92 Å². The average Bonchev–Trinajstić information content (AvgIpc) is 3.39. The number of fused-ring (bicyclic) bond motifs is 6. The molecule has 0 spiro atoms. The largest absolute Gasteiger partial charge is 0.560 e. The van der Waals surface area contributed by atoms with Crippen molar-refractivity contribution in [3.8, 4) is 28.0 Å². The normalized spacial score (nSPS) is 15.1. The van der Waals surface area contributed by atoms with Gasteiger partial charge in [-0.15, -0.1) is 0 Å². The highest BCUT2D eigenvalue weighted by Gasteiger charge is 2.72. The van der Waals surface area contributed by atoms with Gasteiger partial charge >= 0.3 is 6.92 Å². The summed E-state index contributed by atoms with van der Waals surface area (Å²) in [5.74, 6) is 0.945. The Hall–Kier alpha value is -4.04. The van der Waals surface area contributed by atoms with Crippen molar-refractivity contribution < 1.29 is 4.65 Å². The molecule has 1 fully saturated rings. The SMILES string of the molecule is CC.CC1(C)B(Oc2cccc(-c3cccc(-c4ccc5c6ccccc6c6ccccc6c5c4)c3)c2)C1(C)C. The Kier molecular flexibility index (Phi) is 6.46. The van der Waals surface area contributed by atoms with Crippen LogP contribution >= 0.6 is 0 Å². The molecule has 40 heavy (non-hydrogen) atoms. The summed E-state index contributed by atoms with van der Waals surface area (Å²) >= 11 is 0. The van der Waals surface area contributed by atoms with Gasteiger partial charge in [-0.25, -0.2) is 0 Å². The van der Waals surface area contributed by atoms with E-state index in [-0.39, 0.29) is 17.5 Å². The van der Waals surface area contributed by atoms with E-state index in [1.807, 2.05) is 13.8 Å². The van der Waals surface area contributed by atoms with Gasteiger partial charge in [-0.1, -0.05) is 133 Å². The topological polar surface area (TPSA) is 9.23 Å². The smallest absolute Gasteiger partial charge is 0.369 e. The molecule has 198 valence electrons. The zero-order valence-corrected chi connectivity index (χ0v) is 24.5. The molecule has 0 atom stereocenters. The zero-order chi connectivity index (χ0) is 28.1. The van der Waals surface area contributed by atoms with Crippen LogP contribution in [0.4, 0.5) is 0 Å². The quantitative estimate of drug-likeness (QED) is 0.166. The zero-order valence-electron chi connectivity index (χ0n) is 24.5. The van der Waals surface area contributed by atoms with Crippen molar-refractivity contribution in [3.05, 3.63) is 115 Å². The van der Waals surface area contributed by atoms with Crippen LogP contribution in [0, 0.1) is 0 Å². The Morgan fingerprint density at radius 2 is 0.850 bits per heavy atom. The maximum Gasteiger partial charge on any atom is 0.369 e. The lowest BCUT2D eigenvalue weighted by Crippen LogP contribution is -2.09. The number of benzene rings is 6. The first-order valence-electron chi connectivity index (χ1n) is 14.6. The summed E-state index contributed by atoms with van der Waals surface area (Å²) in [6.07, 6.45) is 0. The molecule has 1 aliphatic heterocycles. The van der Waals surface area contributed by atoms with Gasteiger partial charge in [-0.05, 0) is 89.5 Å². The van der Waals surface area contributed by atoms with Crippen LogP contribution in [0.15, 0.2) is 115 Å². The van der Waals surface area contributed by atoms with Crippen LogP contribution in [0.2, 0.25) is 10.6 Å². The van der Waals surface area contributed by atoms with E-state index in [4.69, 9.17) is 4.65 Å². The molecule has 0 aliphatic carbocycles. The molecule has 0 aromatic heterocycles. The number of hydrogen-bond acceptors (Lipinski definition) is 1. The molecule has 6 aromatic rings. The minimum Gasteiger partial charge on any atom is -0.560 e. The first kappa shape index (κ1) is 26.2. The molecular formula is C38H37BO. The first-order valence-corrected chi connectivity index (χ1v) is 14.6. The van der Waals surface area contributed by atoms with Gasteiger partial charge in [0, 0.05) is 0 Å². The molecule has 1 aliphatic rings. The summed E-state index contributed by atoms with van der Waals surface area (Å²) < 4.78 is 6.46. The van der Waals surface area contributed by atoms with Crippen molar-refractivity contribution in [2.45, 2.75) is 52.2 Å². The van der Waals surface area contributed by atoms with Gasteiger partial charge in [0.2, 0.25) is 0 Å². The Morgan fingerprint density at radius 3 is 1.38 bits per heavy atom. The van der Waals surface area contributed by atoms with Gasteiger partial charge in [0.25, 0.3) is 0 Å². The van der Waals surface area contributed by atoms with Crippen LogP contribution in [-0.2, 0) is 0 Å². The molecule has 1 nitrogen and oxygen atoms in total. The summed E-state index contributed by atoms with van der Waals surface area (Å²) in [4.78, 5) is 0. The Bertz CT molecular complexity index is 1810. The van der Waals surface area contributed by atoms with E-state index in [9.17, 15) is 0 Å². The summed E-state index contributed by atoms with van der Waals surface area (Å²) in [7, 11) is 0. The molecule has 0 unspecified atom stereocenters. The molecular weight excluding hydrogens is 483 g/mol. The second-order valence-corrected chi connectivity index (χ2v) is 11.9. The molecule has 1 heterocycles. The first-order chi connectivity index (χ1) is 19.3. The fourth-order valence-corrected chi connectivity index (χ4v) is 6.28. The minimum absolute atomic E-state index is 0.189. The average molecular weight is 521 g/mol. The summed E-state index contributed by atoms with van der Waals surface area (Å²) in [5.41, 5.74) is 4.83. The van der Waals surface area contributed by atoms with Crippen molar-refractivity contribution in [2.75, 3.05) is 0 Å². The molecule has 0 N–H and O–H groups in total. The molecule has 2 heteroatoms. The standard InChI is InChI=1S/C36H31BO.C2H6/c1-35(2)36(3,4)37(35)38-28-14-10-13-26(22-28)24-11-9-12-25(21-24)27-19-20-33-31-17-6-5-15-29(31)30-16-7-8-18-32(30)34(33)23-27;1-2/h5-23H,1-4H3;1-2H3. The number of rotatable bonds is 4. The van der Waals surface area contributed by atoms with Crippen LogP contribution in [0.25, 0.3) is 54.6 Å². The van der Waals surface area contributed by atoms with Crippen LogP contribution in [0.5, 0.6) is 5.75 Å². The van der Waals surface area contributed by atoms with Crippen LogP contribution in [0.1, 0.15) is 41.5 Å². The Labute approximate surface area is 238 Å². The molecule has 6 aromatic carbocycles. The van der Waals surface area contributed by atoms with Gasteiger partial charge in [0.1, 0.15) is 0 Å². The van der Waals surface area contributed by atoms with E-state index >= 15 is 0 Å². The van der Waals surface area contributed by atoms with E-state index in [1.165, 1.54) is 54.6 Å². The van der Waals surface area contributed by atoms with Crippen molar-refractivity contribution >= 4 is 39.2 Å². The van der Waals surface area contributed by atoms with Crippen LogP contribution in [0.3, 0.4) is 0 Å². The molecule has 1 saturated heterocycles. The molecule has 0 bridgehead atoms. The third-order valence-corrected chi connectivity index (χ3v) is 9.25. The Morgan fingerprint density at radius 1 is 0.425 bits per heavy atom. The monoisotopic (exact) mass is 520 g/mol. The van der Waals surface area contributed by atoms with E-state index < -0.39 is 0 Å². The highest BCUT2D eigenvalue weighted by atomic mass is 16.4. The summed E-state index contributed by atoms with van der Waals surface area (Å²) in [6.45, 7) is 13.4. The third kappa shape index (κ3) is 4.18. The molecule has 0 saturated carbocycles. The van der Waals surface area contributed by atoms with Crippen molar-refractivity contribution in [2.24, 2.45) is 0 Å². The van der Waals surface area contributed by atoms with Gasteiger partial charge in [0.05, 0.1) is 5.75 Å². The third-order valence-electron chi connectivity index (χ3n) is 9.25. The lowest BCUT2D eigenvalue weighted by molar-refractivity contribution is 0.580. The van der Waals surface area contributed by atoms with Gasteiger partial charge < -0.3 is 4.65 Å². The summed E-state index contributed by atoms with van der Waals surface area (Å²) in [5, 5.41) is 8.20. The highest BCUT2D eigenvalue weighted by molar-refractivity contribution is 6.73. The highest BCUT2D eigenvalue weighted by Crippen LogP contribution is 2.73. The fourth-order valence-electron chi connectivity index (χ4n) is 6.28. The summed E-state index contributed by atoms with van der Waals surface area (Å²) in [6, 6.07) is 41.8. The second kappa shape index (κ2) is 9.86. The van der Waals surface area contributed by atoms with E-state index in [1.54, 1.807) is 0 Å². The van der Waals surface area contributed by atoms with Crippen molar-refractivity contribution in [1.82, 2.24) is 0 Å². The minimum atomic E-state index is 0.189. The van der Waals surface area contributed by atoms with Gasteiger partial charge in [0.15, 0.2) is 0 Å². The van der Waals surface area contributed by atoms with E-state index in [0.29, 0.717) is 0 Å². The second-order valence-electron chi connectivity index (χ2n) is 11.9. The lowest BCUT2D eigenvalue weighted by atomic mass is 9.78. The number of hydrogen-bond donors (Lipinski definition) is 0. The van der Waals surface area contributed by atoms with E-state index in [2.05, 4.69) is 143 Å². The van der Waals surface area contributed by atoms with E-state index in [0.717, 1.165) is 5.75 Å². The maximum atomic E-state index is 6.46. The van der Waals surface area contributed by atoms with Gasteiger partial charge in [-0.3, -0.25) is 0 Å². The molecule has 0 amide bonds. The fraction of sp³-hybridized carbons (Fsp3) is 0.211. The maximum absolute atomic E-state index is 6.46. The van der Waals surface area contributed by atoms with Gasteiger partial charge in [-0.2, -0.15) is 0 Å². The van der Waals surface area contributed by atoms with Crippen LogP contribution < -0.4 is 4.65 Å². The van der Waals surface area contributed by atoms with Crippen molar-refractivity contribution in [1.29, 1.82) is 0 Å². The molecule has 0 radical (unpaired) electrons.